The Labute approximate surface area is 67.4 Å². The predicted octanol–water partition coefficient (Wildman–Crippen LogP) is -0.645. The second-order valence-corrected chi connectivity index (χ2v) is 0.921. The van der Waals surface area contributed by atoms with Crippen molar-refractivity contribution in [3.05, 3.63) is 0 Å². The van der Waals surface area contributed by atoms with Gasteiger partial charge in [-0.05, 0) is 0 Å². The van der Waals surface area contributed by atoms with Gasteiger partial charge in [0.15, 0.2) is 0 Å². The van der Waals surface area contributed by atoms with Gasteiger partial charge in [-0.25, -0.2) is 9.74 Å². The molecule has 0 amide bonds. The molecule has 0 unspecified atom stereocenters. The fourth-order valence-corrected chi connectivity index (χ4v) is 0.0543. The Morgan fingerprint density at radius 3 is 1.88 bits per heavy atom. The van der Waals surface area contributed by atoms with Gasteiger partial charge in [0.05, 0.1) is 0 Å². The summed E-state index contributed by atoms with van der Waals surface area (Å²) >= 11 is 0. The normalized spacial score (nSPS) is 6.75. The molecule has 0 aliphatic carbocycles. The van der Waals surface area contributed by atoms with Crippen molar-refractivity contribution >= 4 is 41.3 Å². The Hall–Kier alpha value is 0.0700. The van der Waals surface area contributed by atoms with Crippen LogP contribution in [0.2, 0.25) is 0 Å². The van der Waals surface area contributed by atoms with Crippen molar-refractivity contribution in [3.8, 4) is 0 Å². The predicted molar refractivity (Wildman–Crippen MR) is 25.0 cm³/mol. The Kier molecular flexibility index (Phi) is 7.13. The second-order valence-electron chi connectivity index (χ2n) is 0.921. The van der Waals surface area contributed by atoms with E-state index in [1.165, 1.54) is 0 Å². The quantitative estimate of drug-likeness (QED) is 0.350. The van der Waals surface area contributed by atoms with Crippen LogP contribution in [0.25, 0.3) is 0 Å². The first kappa shape index (κ1) is 10.9. The van der Waals surface area contributed by atoms with Gasteiger partial charge in [-0.15, -0.1) is 0 Å². The van der Waals surface area contributed by atoms with Crippen molar-refractivity contribution in [2.75, 3.05) is 0 Å². The number of rotatable bonds is 1. The first-order valence-electron chi connectivity index (χ1n) is 1.52. The molecule has 0 radical (unpaired) electrons. The number of ketones is 1. The van der Waals surface area contributed by atoms with Crippen LogP contribution in [-0.2, 0) is 14.5 Å². The molecule has 0 atom stereocenters. The third-order valence-electron chi connectivity index (χ3n) is 0.358. The van der Waals surface area contributed by atoms with Gasteiger partial charge in [0.25, 0.3) is 0 Å². The molecule has 3 nitrogen and oxygen atoms in total. The van der Waals surface area contributed by atoms with Gasteiger partial charge >= 0.3 is 35.5 Å². The number of hydrogen-bond donors (Lipinski definition) is 0. The van der Waals surface area contributed by atoms with Crippen molar-refractivity contribution in [2.24, 2.45) is 0 Å². The number of halogens is 1. The third-order valence-corrected chi connectivity index (χ3v) is 0.358. The minimum atomic E-state index is -1.46. The van der Waals surface area contributed by atoms with E-state index in [1.54, 1.807) is 0 Å². The molecule has 0 N–H and O–H groups in total. The molecule has 0 spiro atoms. The van der Waals surface area contributed by atoms with Crippen LogP contribution in [0, 0.1) is 0 Å². The number of carbonyl (C=O) groups is 2. The number of hydrogen-bond acceptors (Lipinski definition) is 3. The molecule has 0 aromatic rings. The van der Waals surface area contributed by atoms with Crippen molar-refractivity contribution in [1.82, 2.24) is 0 Å². The van der Waals surface area contributed by atoms with Gasteiger partial charge in [0.2, 0.25) is 5.78 Å². The summed E-state index contributed by atoms with van der Waals surface area (Å²) in [5, 5.41) is 0. The zero-order valence-electron chi connectivity index (χ0n) is 3.60. The molecular weight excluding hydrogens is 126 g/mol. The van der Waals surface area contributed by atoms with Gasteiger partial charge in [0, 0.05) is 11.4 Å². The summed E-state index contributed by atoms with van der Waals surface area (Å²) < 4.78 is 10.6. The Morgan fingerprint density at radius 2 is 1.88 bits per heavy atom. The zero-order valence-corrected chi connectivity index (χ0v) is 3.60. The van der Waals surface area contributed by atoms with Crippen LogP contribution in [0.1, 0.15) is 6.92 Å². The van der Waals surface area contributed by atoms with Gasteiger partial charge in [-0.2, -0.15) is 0 Å². The van der Waals surface area contributed by atoms with Gasteiger partial charge in [-0.1, -0.05) is 0 Å². The van der Waals surface area contributed by atoms with Crippen molar-refractivity contribution in [3.63, 3.8) is 0 Å². The summed E-state index contributed by atoms with van der Waals surface area (Å²) in [6.07, 6.45) is 0. The van der Waals surface area contributed by atoms with E-state index in [9.17, 15) is 14.1 Å². The molecule has 5 heteroatoms. The summed E-state index contributed by atoms with van der Waals surface area (Å²) in [6, 6.07) is 0. The molecule has 42 valence electrons. The molecule has 8 heavy (non-hydrogen) atoms. The van der Waals surface area contributed by atoms with Crippen LogP contribution in [0.5, 0.6) is 0 Å². The van der Waals surface area contributed by atoms with Crippen LogP contribution >= 0.6 is 0 Å². The molecule has 0 saturated heterocycles. The Bertz CT molecular complexity index is 103. The minimum absolute atomic E-state index is 0. The SMILES string of the molecule is CC(=O)C(=O)OF.[NaH]. The van der Waals surface area contributed by atoms with Crippen molar-refractivity contribution in [1.29, 1.82) is 0 Å². The fourth-order valence-electron chi connectivity index (χ4n) is 0.0543. The first-order chi connectivity index (χ1) is 3.18. The van der Waals surface area contributed by atoms with E-state index in [4.69, 9.17) is 0 Å². The molecule has 0 aromatic heterocycles. The summed E-state index contributed by atoms with van der Waals surface area (Å²) in [4.78, 5) is 21.7. The van der Waals surface area contributed by atoms with E-state index in [2.05, 4.69) is 4.94 Å². The van der Waals surface area contributed by atoms with E-state index in [0.29, 0.717) is 0 Å². The maximum atomic E-state index is 10.6. The van der Waals surface area contributed by atoms with Crippen LogP contribution < -0.4 is 0 Å². The summed E-state index contributed by atoms with van der Waals surface area (Å²) in [6.45, 7) is 0.919. The third kappa shape index (κ3) is 4.23. The Balaban J connectivity index is 0. The topological polar surface area (TPSA) is 43.4 Å². The van der Waals surface area contributed by atoms with Gasteiger partial charge in [0.1, 0.15) is 0 Å². The molecule has 0 fully saturated rings. The fraction of sp³-hybridized carbons (Fsp3) is 0.333. The summed E-state index contributed by atoms with van der Waals surface area (Å²) in [5.74, 6) is -2.40. The standard InChI is InChI=1S/C3H3FO3.Na.H/c1-2(5)3(6)7-4;;/h1H3;;. The average Bonchev–Trinajstić information content (AvgIpc) is 1.65. The molecule has 0 aromatic carbocycles. The van der Waals surface area contributed by atoms with E-state index in [-0.39, 0.29) is 29.6 Å². The maximum absolute atomic E-state index is 10.6. The molecule has 0 bridgehead atoms. The number of Topliss-reactive ketones (excluding diaryl/α,β-unsaturated/α-hetero) is 1. The van der Waals surface area contributed by atoms with Crippen LogP contribution in [0.3, 0.4) is 0 Å². The molecule has 0 heterocycles. The van der Waals surface area contributed by atoms with Crippen LogP contribution in [0.15, 0.2) is 0 Å². The monoisotopic (exact) mass is 130 g/mol. The van der Waals surface area contributed by atoms with Crippen LogP contribution in [0.4, 0.5) is 4.53 Å². The second kappa shape index (κ2) is 5.21. The van der Waals surface area contributed by atoms with Crippen molar-refractivity contribution < 1.29 is 19.1 Å². The van der Waals surface area contributed by atoms with Crippen LogP contribution in [-0.4, -0.2) is 41.3 Å². The zero-order chi connectivity index (χ0) is 5.86. The molecule has 0 rings (SSSR count). The molecule has 0 saturated carbocycles. The van der Waals surface area contributed by atoms with E-state index in [0.717, 1.165) is 6.92 Å². The molecule has 0 aliphatic rings. The first-order valence-corrected chi connectivity index (χ1v) is 1.52. The van der Waals surface area contributed by atoms with E-state index < -0.39 is 11.8 Å². The van der Waals surface area contributed by atoms with E-state index >= 15 is 0 Å². The summed E-state index contributed by atoms with van der Waals surface area (Å²) in [7, 11) is 0. The number of carbonyl (C=O) groups excluding carboxylic acids is 2. The Morgan fingerprint density at radius 1 is 1.50 bits per heavy atom. The molecule has 0 aliphatic heterocycles. The van der Waals surface area contributed by atoms with Gasteiger partial charge in [-0.3, -0.25) is 4.79 Å². The van der Waals surface area contributed by atoms with Crippen molar-refractivity contribution in [2.45, 2.75) is 6.92 Å². The molecular formula is C3H4FNaO3. The summed E-state index contributed by atoms with van der Waals surface area (Å²) in [5.41, 5.74) is 0. The average molecular weight is 130 g/mol. The van der Waals surface area contributed by atoms with E-state index in [1.807, 2.05) is 0 Å². The van der Waals surface area contributed by atoms with Gasteiger partial charge < -0.3 is 0 Å².